The molecule has 0 aliphatic carbocycles. The van der Waals surface area contributed by atoms with Crippen LogP contribution in [0.3, 0.4) is 0 Å². The van der Waals surface area contributed by atoms with Crippen molar-refractivity contribution in [1.82, 2.24) is 10.6 Å². The maximum absolute atomic E-state index is 12.2. The van der Waals surface area contributed by atoms with Gasteiger partial charge in [0, 0.05) is 18.7 Å². The fourth-order valence-corrected chi connectivity index (χ4v) is 2.22. The van der Waals surface area contributed by atoms with Gasteiger partial charge < -0.3 is 15.4 Å². The van der Waals surface area contributed by atoms with E-state index in [4.69, 9.17) is 4.74 Å². The van der Waals surface area contributed by atoms with E-state index < -0.39 is 10.8 Å². The highest BCUT2D eigenvalue weighted by Crippen LogP contribution is 2.24. The van der Waals surface area contributed by atoms with Gasteiger partial charge in [0.15, 0.2) is 0 Å². The van der Waals surface area contributed by atoms with E-state index >= 15 is 0 Å². The lowest BCUT2D eigenvalue weighted by Gasteiger charge is -2.23. The largest absolute Gasteiger partial charge is 0.497 e. The van der Waals surface area contributed by atoms with Crippen molar-refractivity contribution in [2.45, 2.75) is 18.9 Å². The fourth-order valence-electron chi connectivity index (χ4n) is 2.22. The summed E-state index contributed by atoms with van der Waals surface area (Å²) in [5.41, 5.74) is -0.188. The summed E-state index contributed by atoms with van der Waals surface area (Å²) in [5.74, 6) is -0.0215. The van der Waals surface area contributed by atoms with Crippen LogP contribution in [-0.2, 0) is 0 Å². The van der Waals surface area contributed by atoms with Crippen LogP contribution in [0.4, 0.5) is 5.69 Å². The quantitative estimate of drug-likeness (QED) is 0.649. The van der Waals surface area contributed by atoms with E-state index in [9.17, 15) is 14.9 Å². The predicted molar refractivity (Wildman–Crippen MR) is 80.3 cm³/mol. The monoisotopic (exact) mass is 315 g/mol. The van der Waals surface area contributed by atoms with E-state index in [-0.39, 0.29) is 29.7 Å². The van der Waals surface area contributed by atoms with Crippen LogP contribution in [-0.4, -0.2) is 37.1 Å². The molecule has 1 atom stereocenters. The highest BCUT2D eigenvalue weighted by Gasteiger charge is 2.23. The summed E-state index contributed by atoms with van der Waals surface area (Å²) in [6.45, 7) is 1.62. The zero-order valence-electron chi connectivity index (χ0n) is 11.6. The molecular weight excluding hydrogens is 298 g/mol. The lowest BCUT2D eigenvalue weighted by molar-refractivity contribution is -0.385. The molecule has 0 radical (unpaired) electrons. The van der Waals surface area contributed by atoms with Gasteiger partial charge in [0.25, 0.3) is 11.6 Å². The van der Waals surface area contributed by atoms with Crippen LogP contribution in [0.2, 0.25) is 0 Å². The number of ether oxygens (including phenoxy) is 1. The number of halogens is 1. The highest BCUT2D eigenvalue weighted by atomic mass is 35.5. The standard InChI is InChI=1S/C13H17N3O4.ClH/c1-20-10-4-5-12(16(18)19)11(7-10)13(17)15-9-3-2-6-14-8-9;/h4-5,7,9,14H,2-3,6,8H2,1H3,(H,15,17);1H/t9-;/m0./s1. The van der Waals surface area contributed by atoms with Crippen LogP contribution in [0.25, 0.3) is 0 Å². The van der Waals surface area contributed by atoms with Crippen molar-refractivity contribution in [2.24, 2.45) is 0 Å². The molecule has 2 N–H and O–H groups in total. The Morgan fingerprint density at radius 1 is 1.52 bits per heavy atom. The lowest BCUT2D eigenvalue weighted by Crippen LogP contribution is -2.45. The summed E-state index contributed by atoms with van der Waals surface area (Å²) in [6.07, 6.45) is 1.85. The number of piperidine rings is 1. The molecule has 21 heavy (non-hydrogen) atoms. The molecule has 7 nitrogen and oxygen atoms in total. The molecule has 0 aromatic heterocycles. The van der Waals surface area contributed by atoms with E-state index in [1.807, 2.05) is 0 Å². The zero-order valence-corrected chi connectivity index (χ0v) is 12.4. The molecule has 1 aliphatic heterocycles. The number of nitro benzene ring substituents is 1. The number of rotatable bonds is 4. The summed E-state index contributed by atoms with van der Waals surface area (Å²) >= 11 is 0. The average Bonchev–Trinajstić information content (AvgIpc) is 2.47. The van der Waals surface area contributed by atoms with Crippen LogP contribution in [0.1, 0.15) is 23.2 Å². The maximum atomic E-state index is 12.2. The number of nitrogens with zero attached hydrogens (tertiary/aromatic N) is 1. The fraction of sp³-hybridized carbons (Fsp3) is 0.462. The van der Waals surface area contributed by atoms with Gasteiger partial charge in [0.05, 0.1) is 12.0 Å². The predicted octanol–water partition coefficient (Wildman–Crippen LogP) is 1.51. The summed E-state index contributed by atoms with van der Waals surface area (Å²) < 4.78 is 5.01. The van der Waals surface area contributed by atoms with E-state index in [2.05, 4.69) is 10.6 Å². The molecule has 2 rings (SSSR count). The summed E-state index contributed by atoms with van der Waals surface area (Å²) in [7, 11) is 1.45. The Bertz CT molecular complexity index is 518. The van der Waals surface area contributed by atoms with Crippen LogP contribution >= 0.6 is 12.4 Å². The van der Waals surface area contributed by atoms with Crippen LogP contribution in [0.5, 0.6) is 5.75 Å². The lowest BCUT2D eigenvalue weighted by atomic mass is 10.1. The number of hydrogen-bond acceptors (Lipinski definition) is 5. The van der Waals surface area contributed by atoms with Gasteiger partial charge in [-0.15, -0.1) is 12.4 Å². The topological polar surface area (TPSA) is 93.5 Å². The molecule has 1 aliphatic rings. The third kappa shape index (κ3) is 4.30. The van der Waals surface area contributed by atoms with Gasteiger partial charge in [-0.05, 0) is 31.5 Å². The van der Waals surface area contributed by atoms with Crippen LogP contribution in [0, 0.1) is 10.1 Å². The third-order valence-corrected chi connectivity index (χ3v) is 3.28. The molecule has 1 aromatic carbocycles. The molecule has 1 heterocycles. The molecule has 0 saturated carbocycles. The molecule has 1 fully saturated rings. The second kappa shape index (κ2) is 7.80. The first kappa shape index (κ1) is 17.2. The Kier molecular flexibility index (Phi) is 6.39. The Morgan fingerprint density at radius 3 is 2.86 bits per heavy atom. The molecule has 0 bridgehead atoms. The summed E-state index contributed by atoms with van der Waals surface area (Å²) in [5, 5.41) is 17.0. The van der Waals surface area contributed by atoms with Crippen molar-refractivity contribution in [3.63, 3.8) is 0 Å². The van der Waals surface area contributed by atoms with Gasteiger partial charge in [0.1, 0.15) is 11.3 Å². The third-order valence-electron chi connectivity index (χ3n) is 3.28. The number of nitro groups is 1. The van der Waals surface area contributed by atoms with Crippen molar-refractivity contribution in [1.29, 1.82) is 0 Å². The first-order chi connectivity index (χ1) is 9.61. The average molecular weight is 316 g/mol. The molecule has 1 saturated heterocycles. The summed E-state index contributed by atoms with van der Waals surface area (Å²) in [4.78, 5) is 22.6. The number of methoxy groups -OCH3 is 1. The first-order valence-electron chi connectivity index (χ1n) is 6.46. The van der Waals surface area contributed by atoms with Crippen molar-refractivity contribution in [2.75, 3.05) is 20.2 Å². The number of benzene rings is 1. The number of nitrogens with one attached hydrogen (secondary N) is 2. The Balaban J connectivity index is 0.00000220. The number of amides is 1. The molecule has 1 aromatic rings. The number of carbonyl (C=O) groups excluding carboxylic acids is 1. The van der Waals surface area contributed by atoms with Crippen LogP contribution < -0.4 is 15.4 Å². The first-order valence-corrected chi connectivity index (χ1v) is 6.46. The Labute approximate surface area is 128 Å². The minimum atomic E-state index is -0.562. The van der Waals surface area contributed by atoms with E-state index in [1.54, 1.807) is 0 Å². The SMILES string of the molecule is COc1ccc([N+](=O)[O-])c(C(=O)N[C@H]2CCCNC2)c1.Cl. The van der Waals surface area contributed by atoms with Crippen LogP contribution in [0.15, 0.2) is 18.2 Å². The molecule has 116 valence electrons. The van der Waals surface area contributed by atoms with Crippen molar-refractivity contribution < 1.29 is 14.5 Å². The second-order valence-corrected chi connectivity index (χ2v) is 4.66. The Morgan fingerprint density at radius 2 is 2.29 bits per heavy atom. The molecule has 0 unspecified atom stereocenters. The van der Waals surface area contributed by atoms with E-state index in [1.165, 1.54) is 25.3 Å². The zero-order chi connectivity index (χ0) is 14.5. The van der Waals surface area contributed by atoms with Gasteiger partial charge in [-0.1, -0.05) is 0 Å². The number of hydrogen-bond donors (Lipinski definition) is 2. The minimum absolute atomic E-state index is 0. The molecule has 0 spiro atoms. The van der Waals surface area contributed by atoms with Gasteiger partial charge in [-0.3, -0.25) is 14.9 Å². The molecule has 8 heteroatoms. The second-order valence-electron chi connectivity index (χ2n) is 4.66. The van der Waals surface area contributed by atoms with Crippen molar-refractivity contribution in [3.05, 3.63) is 33.9 Å². The normalized spacial score (nSPS) is 17.5. The van der Waals surface area contributed by atoms with Gasteiger partial charge in [0.2, 0.25) is 0 Å². The van der Waals surface area contributed by atoms with Gasteiger partial charge >= 0.3 is 0 Å². The van der Waals surface area contributed by atoms with Gasteiger partial charge in [-0.2, -0.15) is 0 Å². The van der Waals surface area contributed by atoms with Crippen molar-refractivity contribution in [3.8, 4) is 5.75 Å². The van der Waals surface area contributed by atoms with E-state index in [0.717, 1.165) is 19.4 Å². The molecular formula is C13H18ClN3O4. The smallest absolute Gasteiger partial charge is 0.282 e. The molecule has 1 amide bonds. The van der Waals surface area contributed by atoms with Gasteiger partial charge in [-0.25, -0.2) is 0 Å². The van der Waals surface area contributed by atoms with Crippen molar-refractivity contribution >= 4 is 24.0 Å². The van der Waals surface area contributed by atoms with E-state index in [0.29, 0.717) is 12.3 Å². The number of carbonyl (C=O) groups is 1. The highest BCUT2D eigenvalue weighted by molar-refractivity contribution is 5.98. The minimum Gasteiger partial charge on any atom is -0.497 e. The Hall–Kier alpha value is -1.86. The maximum Gasteiger partial charge on any atom is 0.282 e. The summed E-state index contributed by atoms with van der Waals surface area (Å²) in [6, 6.07) is 4.15.